The molecule has 1 aromatic heterocycles. The van der Waals surface area contributed by atoms with Crippen molar-refractivity contribution in [1.82, 2.24) is 14.8 Å². The zero-order valence-corrected chi connectivity index (χ0v) is 20.2. The van der Waals surface area contributed by atoms with Crippen LogP contribution < -0.4 is 9.64 Å². The maximum Gasteiger partial charge on any atom is 0.246 e. The Bertz CT molecular complexity index is 1290. The number of phenolic OH excluding ortho intramolecular Hbond substituents is 1. The van der Waals surface area contributed by atoms with E-state index in [2.05, 4.69) is 9.88 Å². The van der Waals surface area contributed by atoms with Crippen molar-refractivity contribution in [1.29, 1.82) is 0 Å². The summed E-state index contributed by atoms with van der Waals surface area (Å²) in [7, 11) is 3.85. The van der Waals surface area contributed by atoms with Crippen molar-refractivity contribution in [3.05, 3.63) is 71.2 Å². The molecule has 9 heteroatoms. The molecule has 1 saturated heterocycles. The lowest BCUT2D eigenvalue weighted by Crippen LogP contribution is -2.59. The maximum atomic E-state index is 15.2. The highest BCUT2D eigenvalue weighted by Crippen LogP contribution is 2.47. The van der Waals surface area contributed by atoms with Crippen molar-refractivity contribution in [2.75, 3.05) is 45.2 Å². The van der Waals surface area contributed by atoms with Gasteiger partial charge < -0.3 is 24.5 Å². The van der Waals surface area contributed by atoms with Crippen LogP contribution in [0.4, 0.5) is 10.1 Å². The number of aromatic hydroxyl groups is 1. The Hall–Kier alpha value is -3.36. The Kier molecular flexibility index (Phi) is 6.25. The van der Waals surface area contributed by atoms with Crippen LogP contribution in [0.15, 0.2) is 54.7 Å². The molecule has 2 aliphatic heterocycles. The molecule has 2 atom stereocenters. The van der Waals surface area contributed by atoms with Crippen LogP contribution >= 0.6 is 11.6 Å². The highest BCUT2D eigenvalue weighted by molar-refractivity contribution is 6.31. The number of aromatic nitrogens is 1. The first-order valence-corrected chi connectivity index (χ1v) is 11.8. The topological polar surface area (TPSA) is 69.1 Å². The summed E-state index contributed by atoms with van der Waals surface area (Å²) in [6.07, 6.45) is 5.00. The Morgan fingerprint density at radius 3 is 2.91 bits per heavy atom. The number of hydrogen-bond donors (Lipinski definition) is 1. The first kappa shape index (κ1) is 23.4. The fraction of sp³-hybridized carbons (Fsp3) is 0.308. The van der Waals surface area contributed by atoms with Gasteiger partial charge in [-0.15, -0.1) is 0 Å². The van der Waals surface area contributed by atoms with Crippen LogP contribution in [0.5, 0.6) is 11.5 Å². The molecule has 2 aliphatic rings. The third-order valence-electron chi connectivity index (χ3n) is 6.42. The lowest BCUT2D eigenvalue weighted by atomic mass is 9.94. The number of amides is 1. The van der Waals surface area contributed by atoms with E-state index in [4.69, 9.17) is 16.3 Å². The number of benzene rings is 2. The van der Waals surface area contributed by atoms with Crippen molar-refractivity contribution in [2.24, 2.45) is 0 Å². The molecule has 1 fully saturated rings. The molecule has 1 N–H and O–H groups in total. The molecule has 0 aliphatic carbocycles. The molecule has 1 amide bonds. The van der Waals surface area contributed by atoms with E-state index in [9.17, 15) is 9.90 Å². The van der Waals surface area contributed by atoms with E-state index in [1.807, 2.05) is 31.1 Å². The molecule has 0 spiro atoms. The molecule has 0 radical (unpaired) electrons. The number of carbonyl (C=O) groups is 1. The van der Waals surface area contributed by atoms with Gasteiger partial charge in [-0.3, -0.25) is 9.78 Å². The summed E-state index contributed by atoms with van der Waals surface area (Å²) in [6, 6.07) is 8.75. The van der Waals surface area contributed by atoms with Crippen LogP contribution in [-0.2, 0) is 4.79 Å². The second-order valence-electron chi connectivity index (χ2n) is 9.10. The summed E-state index contributed by atoms with van der Waals surface area (Å²) < 4.78 is 21.3. The maximum absolute atomic E-state index is 15.2. The van der Waals surface area contributed by atoms with Crippen molar-refractivity contribution in [3.8, 4) is 11.5 Å². The van der Waals surface area contributed by atoms with Gasteiger partial charge in [-0.1, -0.05) is 23.7 Å². The minimum absolute atomic E-state index is 0.145. The highest BCUT2D eigenvalue weighted by Gasteiger charge is 2.43. The quantitative estimate of drug-likeness (QED) is 0.551. The molecule has 2 aromatic carbocycles. The van der Waals surface area contributed by atoms with Gasteiger partial charge in [-0.25, -0.2) is 4.39 Å². The molecule has 0 saturated carbocycles. The van der Waals surface area contributed by atoms with Gasteiger partial charge in [0.05, 0.1) is 35.0 Å². The standard InChI is InChI=1S/C26H26ClFN4O3/c1-30(2)10-4-7-24(34)31-13-17-15-35-23-12-29-20-9-8-16(27)11-18(20)26(23)32(17)21(14-31)25-19(28)5-3-6-22(25)33/h3-9,11-12,17,21,33H,10,13-15H2,1-2H3/b7-4+/t17-,21?/m1/s1. The summed E-state index contributed by atoms with van der Waals surface area (Å²) in [5, 5.41) is 12.0. The number of carbonyl (C=O) groups excluding carboxylic acids is 1. The SMILES string of the molecule is CN(C)C/C=C/C(=O)N1CC(c2c(O)cccc2F)N2c3c(cnc4ccc(Cl)cc34)OC[C@H]2C1. The van der Waals surface area contributed by atoms with Gasteiger partial charge in [0, 0.05) is 36.1 Å². The number of rotatable bonds is 4. The van der Waals surface area contributed by atoms with Crippen molar-refractivity contribution >= 4 is 34.1 Å². The van der Waals surface area contributed by atoms with Crippen molar-refractivity contribution in [2.45, 2.75) is 12.1 Å². The third-order valence-corrected chi connectivity index (χ3v) is 6.65. The first-order chi connectivity index (χ1) is 16.8. The second-order valence-corrected chi connectivity index (χ2v) is 9.54. The number of halogens is 2. The van der Waals surface area contributed by atoms with Crippen LogP contribution in [0.25, 0.3) is 10.9 Å². The smallest absolute Gasteiger partial charge is 0.246 e. The molecule has 0 bridgehead atoms. The molecule has 182 valence electrons. The van der Waals surface area contributed by atoms with Gasteiger partial charge in [0.1, 0.15) is 18.2 Å². The number of anilines is 1. The predicted molar refractivity (Wildman–Crippen MR) is 134 cm³/mol. The number of likely N-dealkylation sites (N-methyl/N-ethyl adjacent to an activating group) is 1. The number of fused-ring (bicyclic) bond motifs is 5. The molecular formula is C26H26ClFN4O3. The number of phenols is 1. The summed E-state index contributed by atoms with van der Waals surface area (Å²) in [4.78, 5) is 23.3. The minimum Gasteiger partial charge on any atom is -0.507 e. The van der Waals surface area contributed by atoms with E-state index in [0.717, 1.165) is 16.6 Å². The zero-order valence-electron chi connectivity index (χ0n) is 19.5. The van der Waals surface area contributed by atoms with Gasteiger partial charge in [-0.05, 0) is 44.4 Å². The number of hydrogen-bond acceptors (Lipinski definition) is 6. The van der Waals surface area contributed by atoms with E-state index in [1.54, 1.807) is 29.3 Å². The van der Waals surface area contributed by atoms with Crippen LogP contribution in [0.1, 0.15) is 11.6 Å². The summed E-state index contributed by atoms with van der Waals surface area (Å²) in [5.74, 6) is -0.297. The normalized spacial score (nSPS) is 19.7. The van der Waals surface area contributed by atoms with Crippen LogP contribution in [0.2, 0.25) is 5.02 Å². The minimum atomic E-state index is -0.645. The lowest BCUT2D eigenvalue weighted by Gasteiger charge is -2.50. The molecule has 5 rings (SSSR count). The fourth-order valence-corrected chi connectivity index (χ4v) is 5.04. The zero-order chi connectivity index (χ0) is 24.7. The van der Waals surface area contributed by atoms with E-state index in [-0.39, 0.29) is 36.4 Å². The summed E-state index contributed by atoms with van der Waals surface area (Å²) in [6.45, 7) is 1.50. The number of nitrogens with zero attached hydrogens (tertiary/aromatic N) is 4. The largest absolute Gasteiger partial charge is 0.507 e. The Morgan fingerprint density at radius 2 is 2.14 bits per heavy atom. The lowest BCUT2D eigenvalue weighted by molar-refractivity contribution is -0.127. The molecule has 3 heterocycles. The molecular weight excluding hydrogens is 471 g/mol. The van der Waals surface area contributed by atoms with Crippen molar-refractivity contribution in [3.63, 3.8) is 0 Å². The average molecular weight is 497 g/mol. The number of pyridine rings is 1. The van der Waals surface area contributed by atoms with Crippen LogP contribution in [-0.4, -0.2) is 72.2 Å². The van der Waals surface area contributed by atoms with Crippen molar-refractivity contribution < 1.29 is 19.0 Å². The monoisotopic (exact) mass is 496 g/mol. The molecule has 3 aromatic rings. The van der Waals surface area contributed by atoms with Crippen LogP contribution in [0, 0.1) is 5.82 Å². The average Bonchev–Trinajstić information content (AvgIpc) is 2.82. The predicted octanol–water partition coefficient (Wildman–Crippen LogP) is 4.00. The third kappa shape index (κ3) is 4.39. The van der Waals surface area contributed by atoms with E-state index < -0.39 is 11.9 Å². The van der Waals surface area contributed by atoms with Gasteiger partial charge in [0.2, 0.25) is 5.91 Å². The first-order valence-electron chi connectivity index (χ1n) is 11.4. The van der Waals surface area contributed by atoms with E-state index in [0.29, 0.717) is 23.9 Å². The fourth-order valence-electron chi connectivity index (χ4n) is 4.87. The highest BCUT2D eigenvalue weighted by atomic mass is 35.5. The van der Waals surface area contributed by atoms with Gasteiger partial charge in [0.15, 0.2) is 5.75 Å². The Morgan fingerprint density at radius 1 is 1.31 bits per heavy atom. The van der Waals surface area contributed by atoms with Crippen LogP contribution in [0.3, 0.4) is 0 Å². The molecule has 1 unspecified atom stereocenters. The summed E-state index contributed by atoms with van der Waals surface area (Å²) in [5.41, 5.74) is 1.60. The van der Waals surface area contributed by atoms with Gasteiger partial charge >= 0.3 is 0 Å². The molecule has 35 heavy (non-hydrogen) atoms. The van der Waals surface area contributed by atoms with E-state index in [1.165, 1.54) is 18.2 Å². The summed E-state index contributed by atoms with van der Waals surface area (Å²) >= 11 is 6.32. The second kappa shape index (κ2) is 9.36. The number of ether oxygens (including phenoxy) is 1. The van der Waals surface area contributed by atoms with Gasteiger partial charge in [0.25, 0.3) is 0 Å². The van der Waals surface area contributed by atoms with E-state index >= 15 is 4.39 Å². The molecule has 7 nitrogen and oxygen atoms in total. The Balaban J connectivity index is 1.63. The number of piperazine rings is 1. The Labute approximate surface area is 208 Å². The van der Waals surface area contributed by atoms with Gasteiger partial charge in [-0.2, -0.15) is 0 Å².